The predicted octanol–water partition coefficient (Wildman–Crippen LogP) is -1.69. The number of hydrogen-bond donors (Lipinski definition) is 3. The number of likely N-dealkylation sites (tertiary alicyclic amines) is 1. The van der Waals surface area contributed by atoms with Crippen LogP contribution in [0.3, 0.4) is 0 Å². The number of nitrogen functional groups attached to an aromatic ring is 1. The Kier molecular flexibility index (Phi) is 2.68. The van der Waals surface area contributed by atoms with Gasteiger partial charge in [0.1, 0.15) is 6.04 Å². The summed E-state index contributed by atoms with van der Waals surface area (Å²) >= 11 is 0. The van der Waals surface area contributed by atoms with Crippen molar-refractivity contribution < 1.29 is 24.4 Å². The van der Waals surface area contributed by atoms with Crippen molar-refractivity contribution in [3.05, 3.63) is 5.69 Å². The molecule has 1 aliphatic heterocycles. The standard InChI is InChI=1S/C8H10N4O5/c9-6-5(10-17-11-6)7(14)12-2-3(13)1-4(12)8(15)16/h3-4,13H,1-2H2,(H2,9,11)(H,15,16)/t3?,4-/m0/s1. The number of carbonyl (C=O) groups excluding carboxylic acids is 1. The number of nitrogens with zero attached hydrogens (tertiary/aromatic N) is 3. The summed E-state index contributed by atoms with van der Waals surface area (Å²) < 4.78 is 4.27. The smallest absolute Gasteiger partial charge is 0.326 e. The van der Waals surface area contributed by atoms with E-state index in [2.05, 4.69) is 14.9 Å². The third-order valence-electron chi connectivity index (χ3n) is 2.54. The largest absolute Gasteiger partial charge is 0.480 e. The van der Waals surface area contributed by atoms with Crippen LogP contribution in [0, 0.1) is 0 Å². The minimum absolute atomic E-state index is 0.0216. The summed E-state index contributed by atoms with van der Waals surface area (Å²) in [5.41, 5.74) is 5.10. The van der Waals surface area contributed by atoms with E-state index < -0.39 is 24.0 Å². The van der Waals surface area contributed by atoms with Crippen LogP contribution in [-0.2, 0) is 4.79 Å². The van der Waals surface area contributed by atoms with Crippen molar-refractivity contribution in [1.29, 1.82) is 0 Å². The second-order valence-electron chi connectivity index (χ2n) is 3.70. The van der Waals surface area contributed by atoms with Gasteiger partial charge < -0.3 is 20.8 Å². The normalized spacial score (nSPS) is 23.9. The first-order chi connectivity index (χ1) is 8.00. The summed E-state index contributed by atoms with van der Waals surface area (Å²) in [5, 5.41) is 24.8. The van der Waals surface area contributed by atoms with Crippen LogP contribution in [0.5, 0.6) is 0 Å². The van der Waals surface area contributed by atoms with E-state index in [-0.39, 0.29) is 24.5 Å². The summed E-state index contributed by atoms with van der Waals surface area (Å²) in [6.45, 7) is -0.0812. The number of aromatic nitrogens is 2. The number of nitrogens with two attached hydrogens (primary N) is 1. The molecule has 0 bridgehead atoms. The van der Waals surface area contributed by atoms with Gasteiger partial charge in [-0.3, -0.25) is 4.79 Å². The van der Waals surface area contributed by atoms with Crippen molar-refractivity contribution in [3.8, 4) is 0 Å². The molecular weight excluding hydrogens is 232 g/mol. The van der Waals surface area contributed by atoms with Crippen molar-refractivity contribution in [1.82, 2.24) is 15.2 Å². The van der Waals surface area contributed by atoms with E-state index in [1.807, 2.05) is 0 Å². The van der Waals surface area contributed by atoms with Gasteiger partial charge in [-0.25, -0.2) is 9.42 Å². The third-order valence-corrected chi connectivity index (χ3v) is 2.54. The molecule has 1 aromatic heterocycles. The number of β-amino-alcohol motifs (C(OH)–C–C–N with tert-alkyl or cyclic N) is 1. The highest BCUT2D eigenvalue weighted by Crippen LogP contribution is 2.21. The Bertz CT molecular complexity index is 459. The lowest BCUT2D eigenvalue weighted by atomic mass is 10.2. The highest BCUT2D eigenvalue weighted by Gasteiger charge is 2.40. The van der Waals surface area contributed by atoms with Gasteiger partial charge >= 0.3 is 5.97 Å². The average molecular weight is 242 g/mol. The fourth-order valence-corrected chi connectivity index (χ4v) is 1.75. The summed E-state index contributed by atoms with van der Waals surface area (Å²) in [6.07, 6.45) is -0.896. The third kappa shape index (κ3) is 1.91. The Morgan fingerprint density at radius 1 is 1.47 bits per heavy atom. The molecule has 0 aromatic carbocycles. The first-order valence-corrected chi connectivity index (χ1v) is 4.80. The molecule has 9 heteroatoms. The molecule has 1 unspecified atom stereocenters. The van der Waals surface area contributed by atoms with Crippen molar-refractivity contribution in [2.75, 3.05) is 12.3 Å². The maximum Gasteiger partial charge on any atom is 0.326 e. The predicted molar refractivity (Wildman–Crippen MR) is 51.8 cm³/mol. The Morgan fingerprint density at radius 3 is 2.71 bits per heavy atom. The second kappa shape index (κ2) is 4.01. The molecule has 1 aliphatic rings. The van der Waals surface area contributed by atoms with Crippen LogP contribution in [0.2, 0.25) is 0 Å². The molecule has 17 heavy (non-hydrogen) atoms. The number of hydrogen-bond acceptors (Lipinski definition) is 7. The van der Waals surface area contributed by atoms with E-state index in [9.17, 15) is 14.7 Å². The summed E-state index contributed by atoms with van der Waals surface area (Å²) in [4.78, 5) is 23.8. The van der Waals surface area contributed by atoms with Gasteiger partial charge in [0, 0.05) is 13.0 Å². The second-order valence-corrected chi connectivity index (χ2v) is 3.70. The highest BCUT2D eigenvalue weighted by atomic mass is 16.6. The Hall–Kier alpha value is -2.16. The van der Waals surface area contributed by atoms with Gasteiger partial charge in [-0.05, 0) is 10.3 Å². The average Bonchev–Trinajstić information content (AvgIpc) is 2.83. The lowest BCUT2D eigenvalue weighted by molar-refractivity contribution is -0.141. The Balaban J connectivity index is 2.25. The molecule has 0 radical (unpaired) electrons. The number of amides is 1. The van der Waals surface area contributed by atoms with Crippen LogP contribution in [0.15, 0.2) is 4.63 Å². The number of anilines is 1. The molecule has 2 rings (SSSR count). The van der Waals surface area contributed by atoms with Crippen molar-refractivity contribution in [2.24, 2.45) is 0 Å². The van der Waals surface area contributed by atoms with E-state index in [1.54, 1.807) is 0 Å². The number of aliphatic hydroxyl groups excluding tert-OH is 1. The molecule has 4 N–H and O–H groups in total. The molecule has 0 spiro atoms. The number of rotatable bonds is 2. The van der Waals surface area contributed by atoms with E-state index in [1.165, 1.54) is 0 Å². The maximum absolute atomic E-state index is 11.9. The molecule has 1 aromatic rings. The van der Waals surface area contributed by atoms with E-state index in [0.29, 0.717) is 0 Å². The van der Waals surface area contributed by atoms with Crippen LogP contribution in [0.25, 0.3) is 0 Å². The van der Waals surface area contributed by atoms with Crippen LogP contribution in [-0.4, -0.2) is 56.0 Å². The quantitative estimate of drug-likeness (QED) is 0.557. The maximum atomic E-state index is 11.9. The summed E-state index contributed by atoms with van der Waals surface area (Å²) in [7, 11) is 0. The van der Waals surface area contributed by atoms with Crippen LogP contribution >= 0.6 is 0 Å². The van der Waals surface area contributed by atoms with E-state index >= 15 is 0 Å². The zero-order valence-corrected chi connectivity index (χ0v) is 8.61. The fourth-order valence-electron chi connectivity index (χ4n) is 1.75. The Labute approximate surface area is 94.8 Å². The first-order valence-electron chi connectivity index (χ1n) is 4.80. The monoisotopic (exact) mass is 242 g/mol. The number of aliphatic hydroxyl groups is 1. The van der Waals surface area contributed by atoms with E-state index in [0.717, 1.165) is 4.90 Å². The van der Waals surface area contributed by atoms with Crippen molar-refractivity contribution in [2.45, 2.75) is 18.6 Å². The van der Waals surface area contributed by atoms with Gasteiger partial charge in [0.15, 0.2) is 0 Å². The van der Waals surface area contributed by atoms with Gasteiger partial charge in [0.05, 0.1) is 6.10 Å². The lowest BCUT2D eigenvalue weighted by Gasteiger charge is -2.19. The molecule has 1 fully saturated rings. The number of carboxylic acid groups (broad SMARTS) is 1. The zero-order valence-electron chi connectivity index (χ0n) is 8.61. The SMILES string of the molecule is Nc1nonc1C(=O)N1CC(O)C[C@H]1C(=O)O. The summed E-state index contributed by atoms with van der Waals surface area (Å²) in [5.74, 6) is -2.11. The molecule has 2 heterocycles. The zero-order chi connectivity index (χ0) is 12.6. The first kappa shape index (κ1) is 11.3. The van der Waals surface area contributed by atoms with Crippen LogP contribution in [0.1, 0.15) is 16.9 Å². The van der Waals surface area contributed by atoms with Crippen molar-refractivity contribution >= 4 is 17.7 Å². The molecule has 92 valence electrons. The molecular formula is C8H10N4O5. The van der Waals surface area contributed by atoms with Gasteiger partial charge in [-0.1, -0.05) is 0 Å². The molecule has 0 aliphatic carbocycles. The molecule has 0 saturated carbocycles. The highest BCUT2D eigenvalue weighted by molar-refractivity contribution is 5.98. The summed E-state index contributed by atoms with van der Waals surface area (Å²) in [6, 6.07) is -1.09. The van der Waals surface area contributed by atoms with Gasteiger partial charge in [-0.2, -0.15) is 0 Å². The van der Waals surface area contributed by atoms with E-state index in [4.69, 9.17) is 10.8 Å². The van der Waals surface area contributed by atoms with Gasteiger partial charge in [-0.15, -0.1) is 0 Å². The topological polar surface area (TPSA) is 143 Å². The molecule has 1 amide bonds. The number of carboxylic acids is 1. The van der Waals surface area contributed by atoms with Crippen LogP contribution in [0.4, 0.5) is 5.82 Å². The van der Waals surface area contributed by atoms with Gasteiger partial charge in [0.25, 0.3) is 5.91 Å². The Morgan fingerprint density at radius 2 is 2.18 bits per heavy atom. The number of aliphatic carboxylic acids is 1. The molecule has 9 nitrogen and oxygen atoms in total. The number of carbonyl (C=O) groups is 2. The lowest BCUT2D eigenvalue weighted by Crippen LogP contribution is -2.41. The minimum atomic E-state index is -1.19. The van der Waals surface area contributed by atoms with Gasteiger partial charge in [0.2, 0.25) is 11.5 Å². The molecule has 1 saturated heterocycles. The minimum Gasteiger partial charge on any atom is -0.480 e. The van der Waals surface area contributed by atoms with Crippen molar-refractivity contribution in [3.63, 3.8) is 0 Å². The van der Waals surface area contributed by atoms with Crippen LogP contribution < -0.4 is 5.73 Å². The molecule has 2 atom stereocenters. The fraction of sp³-hybridized carbons (Fsp3) is 0.500.